The van der Waals surface area contributed by atoms with Crippen molar-refractivity contribution < 1.29 is 14.6 Å². The summed E-state index contributed by atoms with van der Waals surface area (Å²) < 4.78 is 10.9. The van der Waals surface area contributed by atoms with E-state index in [1.165, 1.54) is 5.56 Å². The van der Waals surface area contributed by atoms with E-state index in [2.05, 4.69) is 6.92 Å². The third-order valence-electron chi connectivity index (χ3n) is 3.55. The summed E-state index contributed by atoms with van der Waals surface area (Å²) in [5.41, 5.74) is 1.70. The molecule has 2 rings (SSSR count). The van der Waals surface area contributed by atoms with Gasteiger partial charge >= 0.3 is 0 Å². The molecule has 0 atom stereocenters. The van der Waals surface area contributed by atoms with Gasteiger partial charge in [-0.25, -0.2) is 0 Å². The Kier molecular flexibility index (Phi) is 3.81. The Balaban J connectivity index is 2.32. The molecule has 3 nitrogen and oxygen atoms in total. The fraction of sp³-hybridized carbons (Fsp3) is 0.600. The van der Waals surface area contributed by atoms with Crippen molar-refractivity contribution >= 4 is 0 Å². The van der Waals surface area contributed by atoms with Crippen molar-refractivity contribution in [3.8, 4) is 11.5 Å². The van der Waals surface area contributed by atoms with Gasteiger partial charge in [0.05, 0.1) is 19.8 Å². The topological polar surface area (TPSA) is 38.7 Å². The van der Waals surface area contributed by atoms with Crippen LogP contribution in [0.25, 0.3) is 0 Å². The highest BCUT2D eigenvalue weighted by molar-refractivity contribution is 5.47. The smallest absolute Gasteiger partial charge is 0.122 e. The number of hydrogen-bond acceptors (Lipinski definition) is 3. The van der Waals surface area contributed by atoms with E-state index in [4.69, 9.17) is 9.47 Å². The molecule has 0 aromatic heterocycles. The van der Waals surface area contributed by atoms with Gasteiger partial charge in [0.1, 0.15) is 11.5 Å². The monoisotopic (exact) mass is 250 g/mol. The number of methoxy groups -OCH3 is 2. The highest BCUT2D eigenvalue weighted by atomic mass is 16.5. The first-order valence-corrected chi connectivity index (χ1v) is 6.58. The molecular formula is C15H22O3. The predicted octanol–water partition coefficient (Wildman–Crippen LogP) is 2.72. The first-order valence-electron chi connectivity index (χ1n) is 6.58. The Hall–Kier alpha value is -1.22. The van der Waals surface area contributed by atoms with Gasteiger partial charge in [-0.1, -0.05) is 13.3 Å². The average Bonchev–Trinajstić information content (AvgIpc) is 3.08. The average molecular weight is 250 g/mol. The minimum atomic E-state index is -0.509. The van der Waals surface area contributed by atoms with Gasteiger partial charge in [0.2, 0.25) is 0 Å². The van der Waals surface area contributed by atoms with Gasteiger partial charge in [0.15, 0.2) is 0 Å². The Labute approximate surface area is 109 Å². The zero-order valence-corrected chi connectivity index (χ0v) is 11.5. The van der Waals surface area contributed by atoms with Gasteiger partial charge in [0, 0.05) is 12.0 Å². The van der Waals surface area contributed by atoms with Crippen LogP contribution >= 0.6 is 0 Å². The molecule has 0 heterocycles. The Morgan fingerprint density at radius 2 is 1.67 bits per heavy atom. The maximum absolute atomic E-state index is 10.0. The van der Waals surface area contributed by atoms with E-state index in [0.717, 1.165) is 42.7 Å². The van der Waals surface area contributed by atoms with Crippen molar-refractivity contribution in [1.29, 1.82) is 0 Å². The summed E-state index contributed by atoms with van der Waals surface area (Å²) in [4.78, 5) is 0. The Bertz CT molecular complexity index is 422. The van der Waals surface area contributed by atoms with Crippen LogP contribution in [0.3, 0.4) is 0 Å². The summed E-state index contributed by atoms with van der Waals surface area (Å²) in [6.45, 7) is 2.15. The van der Waals surface area contributed by atoms with E-state index in [1.54, 1.807) is 14.2 Å². The lowest BCUT2D eigenvalue weighted by molar-refractivity contribution is 0.150. The number of aryl methyl sites for hydroxylation is 1. The molecule has 0 unspecified atom stereocenters. The molecule has 18 heavy (non-hydrogen) atoms. The maximum Gasteiger partial charge on any atom is 0.122 e. The van der Waals surface area contributed by atoms with E-state index in [0.29, 0.717) is 6.42 Å². The highest BCUT2D eigenvalue weighted by Gasteiger charge is 2.41. The molecule has 0 saturated heterocycles. The SMILES string of the molecule is CCCc1cc(OC)c(CC2(O)CC2)cc1OC. The third-order valence-corrected chi connectivity index (χ3v) is 3.55. The van der Waals surface area contributed by atoms with Crippen LogP contribution in [0.5, 0.6) is 11.5 Å². The van der Waals surface area contributed by atoms with E-state index >= 15 is 0 Å². The summed E-state index contributed by atoms with van der Waals surface area (Å²) in [6.07, 6.45) is 4.47. The zero-order chi connectivity index (χ0) is 13.2. The zero-order valence-electron chi connectivity index (χ0n) is 11.5. The predicted molar refractivity (Wildman–Crippen MR) is 71.4 cm³/mol. The molecule has 1 fully saturated rings. The van der Waals surface area contributed by atoms with Crippen LogP contribution in [0.1, 0.15) is 37.3 Å². The molecule has 1 aliphatic carbocycles. The first-order chi connectivity index (χ1) is 8.61. The molecule has 1 aliphatic rings. The lowest BCUT2D eigenvalue weighted by Crippen LogP contribution is -2.12. The van der Waals surface area contributed by atoms with Gasteiger partial charge < -0.3 is 14.6 Å². The molecule has 0 bridgehead atoms. The van der Waals surface area contributed by atoms with Crippen molar-refractivity contribution in [1.82, 2.24) is 0 Å². The number of ether oxygens (including phenoxy) is 2. The number of hydrogen-bond donors (Lipinski definition) is 1. The molecule has 100 valence electrons. The maximum atomic E-state index is 10.0. The summed E-state index contributed by atoms with van der Waals surface area (Å²) in [5.74, 6) is 1.76. The van der Waals surface area contributed by atoms with Gasteiger partial charge in [-0.2, -0.15) is 0 Å². The van der Waals surface area contributed by atoms with Crippen LogP contribution in [-0.2, 0) is 12.8 Å². The quantitative estimate of drug-likeness (QED) is 0.843. The molecule has 1 aromatic carbocycles. The van der Waals surface area contributed by atoms with Gasteiger partial charge in [-0.3, -0.25) is 0 Å². The second-order valence-electron chi connectivity index (χ2n) is 5.13. The van der Waals surface area contributed by atoms with Crippen molar-refractivity contribution in [3.05, 3.63) is 23.3 Å². The molecule has 0 aliphatic heterocycles. The van der Waals surface area contributed by atoms with Crippen molar-refractivity contribution in [2.75, 3.05) is 14.2 Å². The van der Waals surface area contributed by atoms with Crippen LogP contribution < -0.4 is 9.47 Å². The van der Waals surface area contributed by atoms with Crippen LogP contribution in [-0.4, -0.2) is 24.9 Å². The van der Waals surface area contributed by atoms with Gasteiger partial charge in [-0.15, -0.1) is 0 Å². The van der Waals surface area contributed by atoms with Crippen LogP contribution in [0, 0.1) is 0 Å². The highest BCUT2D eigenvalue weighted by Crippen LogP contribution is 2.41. The van der Waals surface area contributed by atoms with Crippen LogP contribution in [0.2, 0.25) is 0 Å². The van der Waals surface area contributed by atoms with E-state index in [9.17, 15) is 5.11 Å². The summed E-state index contributed by atoms with van der Waals surface area (Å²) in [6, 6.07) is 4.06. The fourth-order valence-corrected chi connectivity index (χ4v) is 2.30. The summed E-state index contributed by atoms with van der Waals surface area (Å²) in [5, 5.41) is 10.0. The molecule has 1 aromatic rings. The molecule has 3 heteroatoms. The van der Waals surface area contributed by atoms with E-state index < -0.39 is 5.60 Å². The molecule has 0 radical (unpaired) electrons. The van der Waals surface area contributed by atoms with Crippen LogP contribution in [0.4, 0.5) is 0 Å². The minimum absolute atomic E-state index is 0.509. The molecular weight excluding hydrogens is 228 g/mol. The molecule has 0 spiro atoms. The van der Waals surface area contributed by atoms with E-state index in [-0.39, 0.29) is 0 Å². The number of benzene rings is 1. The Morgan fingerprint density at radius 1 is 1.11 bits per heavy atom. The van der Waals surface area contributed by atoms with Crippen molar-refractivity contribution in [2.45, 2.75) is 44.6 Å². The number of aliphatic hydroxyl groups is 1. The fourth-order valence-electron chi connectivity index (χ4n) is 2.30. The largest absolute Gasteiger partial charge is 0.496 e. The third kappa shape index (κ3) is 2.78. The first kappa shape index (κ1) is 13.2. The second-order valence-corrected chi connectivity index (χ2v) is 5.13. The standard InChI is InChI=1S/C15H22O3/c1-4-5-11-8-14(18-3)12(9-13(11)17-2)10-15(16)6-7-15/h8-9,16H,4-7,10H2,1-3H3. The minimum Gasteiger partial charge on any atom is -0.496 e. The van der Waals surface area contributed by atoms with Crippen molar-refractivity contribution in [2.24, 2.45) is 0 Å². The lowest BCUT2D eigenvalue weighted by Gasteiger charge is -2.16. The molecule has 0 amide bonds. The van der Waals surface area contributed by atoms with Gasteiger partial charge in [-0.05, 0) is 37.0 Å². The van der Waals surface area contributed by atoms with Crippen molar-refractivity contribution in [3.63, 3.8) is 0 Å². The van der Waals surface area contributed by atoms with E-state index in [1.807, 2.05) is 12.1 Å². The second kappa shape index (κ2) is 5.19. The normalized spacial score (nSPS) is 16.4. The Morgan fingerprint density at radius 3 is 2.17 bits per heavy atom. The molecule has 1 N–H and O–H groups in total. The van der Waals surface area contributed by atoms with Crippen LogP contribution in [0.15, 0.2) is 12.1 Å². The number of rotatable bonds is 6. The summed E-state index contributed by atoms with van der Waals surface area (Å²) in [7, 11) is 3.37. The lowest BCUT2D eigenvalue weighted by atomic mass is 10.00. The summed E-state index contributed by atoms with van der Waals surface area (Å²) >= 11 is 0. The molecule has 1 saturated carbocycles. The van der Waals surface area contributed by atoms with Gasteiger partial charge in [0.25, 0.3) is 0 Å².